The van der Waals surface area contributed by atoms with Gasteiger partial charge in [0, 0.05) is 6.42 Å². The second-order valence-electron chi connectivity index (χ2n) is 5.24. The molecule has 1 aliphatic rings. The Hall–Kier alpha value is -1.52. The largest absolute Gasteiger partial charge is 0.396 e. The lowest BCUT2D eigenvalue weighted by atomic mass is 10.1. The molecule has 0 bridgehead atoms. The Morgan fingerprint density at radius 2 is 2.21 bits per heavy atom. The molecule has 1 amide bonds. The highest BCUT2D eigenvalue weighted by Crippen LogP contribution is 2.39. The van der Waals surface area contributed by atoms with Crippen LogP contribution < -0.4 is 22.3 Å². The first-order valence-corrected chi connectivity index (χ1v) is 9.48. The first-order valence-electron chi connectivity index (χ1n) is 6.85. The minimum absolute atomic E-state index is 0.141. The number of nitrogens with two attached hydrogens (primary N) is 3. The summed E-state index contributed by atoms with van der Waals surface area (Å²) in [7, 11) is 0. The molecule has 11 heteroatoms. The van der Waals surface area contributed by atoms with Crippen LogP contribution >= 0.6 is 6.72 Å². The van der Waals surface area contributed by atoms with Crippen LogP contribution in [0.4, 0.5) is 11.4 Å². The molecular weight excluding hydrogens is 355 g/mol. The number of hydrazine groups is 1. The highest BCUT2D eigenvalue weighted by molar-refractivity contribution is 8.06. The quantitative estimate of drug-likeness (QED) is 0.151. The maximum atomic E-state index is 11.4. The van der Waals surface area contributed by atoms with Gasteiger partial charge < -0.3 is 30.5 Å². The van der Waals surface area contributed by atoms with Gasteiger partial charge in [-0.2, -0.15) is 0 Å². The van der Waals surface area contributed by atoms with Crippen LogP contribution in [0, 0.1) is 0 Å². The smallest absolute Gasteiger partial charge is 0.321 e. The number of para-hydroxylation sites is 1. The first-order chi connectivity index (χ1) is 11.1. The van der Waals surface area contributed by atoms with Crippen molar-refractivity contribution in [3.63, 3.8) is 0 Å². The predicted octanol–water partition coefficient (Wildman–Crippen LogP) is -0.0553. The fourth-order valence-corrected chi connectivity index (χ4v) is 2.84. The van der Waals surface area contributed by atoms with Crippen LogP contribution in [0.25, 0.3) is 0 Å². The summed E-state index contributed by atoms with van der Waals surface area (Å²) in [6.45, 7) is -0.0709. The van der Waals surface area contributed by atoms with Crippen LogP contribution in [0.2, 0.25) is 0 Å². The fraction of sp³-hybridized carbons (Fsp3) is 0.308. The van der Waals surface area contributed by atoms with Crippen molar-refractivity contribution in [1.29, 1.82) is 0 Å². The predicted molar refractivity (Wildman–Crippen MR) is 93.1 cm³/mol. The Morgan fingerprint density at radius 3 is 2.79 bits per heavy atom. The van der Waals surface area contributed by atoms with E-state index in [0.717, 1.165) is 0 Å². The zero-order chi connectivity index (χ0) is 18.1. The summed E-state index contributed by atoms with van der Waals surface area (Å²) in [6.07, 6.45) is -0.847. The number of primary amides is 1. The van der Waals surface area contributed by atoms with Crippen molar-refractivity contribution in [2.45, 2.75) is 18.8 Å². The van der Waals surface area contributed by atoms with E-state index in [1.807, 2.05) is 0 Å². The Balaban J connectivity index is 2.13. The number of ether oxygens (including phenoxy) is 1. The van der Waals surface area contributed by atoms with Gasteiger partial charge in [0.05, 0.1) is 23.5 Å². The van der Waals surface area contributed by atoms with Crippen molar-refractivity contribution in [3.8, 4) is 0 Å². The molecule has 0 spiro atoms. The molecule has 8 N–H and O–H groups in total. The van der Waals surface area contributed by atoms with Gasteiger partial charge in [-0.3, -0.25) is 9.80 Å². The second-order valence-corrected chi connectivity index (χ2v) is 7.90. The van der Waals surface area contributed by atoms with Crippen LogP contribution in [0.5, 0.6) is 0 Å². The summed E-state index contributed by atoms with van der Waals surface area (Å²) in [5.74, 6) is 5.39. The van der Waals surface area contributed by atoms with Crippen LogP contribution in [-0.4, -0.2) is 34.6 Å². The molecule has 1 aliphatic heterocycles. The lowest BCUT2D eigenvalue weighted by Crippen LogP contribution is -2.42. The number of benzene rings is 1. The number of hydrogen-bond donors (Lipinski definition) is 5. The molecular formula is C13H19N4O5PS. The van der Waals surface area contributed by atoms with E-state index < -0.39 is 25.0 Å². The van der Waals surface area contributed by atoms with Gasteiger partial charge in [-0.1, -0.05) is 12.6 Å². The zero-order valence-corrected chi connectivity index (χ0v) is 14.4. The molecule has 0 aliphatic carbocycles. The summed E-state index contributed by atoms with van der Waals surface area (Å²) in [5, 5.41) is 1.26. The molecule has 1 aromatic carbocycles. The van der Waals surface area contributed by atoms with Crippen LogP contribution in [0.3, 0.4) is 0 Å². The number of anilines is 2. The van der Waals surface area contributed by atoms with Crippen molar-refractivity contribution in [3.05, 3.63) is 35.9 Å². The number of amides is 1. The monoisotopic (exact) mass is 374 g/mol. The molecule has 1 fully saturated rings. The lowest BCUT2D eigenvalue weighted by Gasteiger charge is -2.27. The van der Waals surface area contributed by atoms with Crippen molar-refractivity contribution in [2.75, 3.05) is 17.3 Å². The normalized spacial score (nSPS) is 21.0. The number of hydrogen-bond acceptors (Lipinski definition) is 7. The topological polar surface area (TPSA) is 157 Å². The number of carbonyl (C=O) groups excluding carboxylic acids is 1. The third-order valence-corrected chi connectivity index (χ3v) is 4.35. The molecule has 0 aromatic heterocycles. The molecule has 24 heavy (non-hydrogen) atoms. The third kappa shape index (κ3) is 4.31. The Kier molecular flexibility index (Phi) is 5.61. The Bertz CT molecular complexity index is 710. The molecule has 1 heterocycles. The lowest BCUT2D eigenvalue weighted by molar-refractivity contribution is 0.0220. The average molecular weight is 374 g/mol. The van der Waals surface area contributed by atoms with Crippen molar-refractivity contribution in [1.82, 2.24) is 0 Å². The SMILES string of the molecule is C=C1CC(N(N)c2cccc(C(N)=O)c2N)OC1COP(O)(O)=S. The molecule has 1 aromatic rings. The van der Waals surface area contributed by atoms with Crippen molar-refractivity contribution >= 4 is 35.8 Å². The summed E-state index contributed by atoms with van der Waals surface area (Å²) < 4.78 is 10.5. The van der Waals surface area contributed by atoms with Gasteiger partial charge in [0.25, 0.3) is 5.91 Å². The van der Waals surface area contributed by atoms with Crippen molar-refractivity contribution in [2.24, 2.45) is 11.6 Å². The average Bonchev–Trinajstić information content (AvgIpc) is 2.85. The minimum atomic E-state index is -3.78. The van der Waals surface area contributed by atoms with Crippen LogP contribution in [0.1, 0.15) is 16.8 Å². The molecule has 0 radical (unpaired) electrons. The van der Waals surface area contributed by atoms with Gasteiger partial charge in [0.15, 0.2) is 0 Å². The number of rotatable bonds is 6. The van der Waals surface area contributed by atoms with Gasteiger partial charge >= 0.3 is 6.72 Å². The van der Waals surface area contributed by atoms with E-state index in [9.17, 15) is 4.79 Å². The molecule has 2 rings (SSSR count). The summed E-state index contributed by atoms with van der Waals surface area (Å²) in [6, 6.07) is 4.72. The van der Waals surface area contributed by atoms with E-state index >= 15 is 0 Å². The zero-order valence-electron chi connectivity index (χ0n) is 12.7. The van der Waals surface area contributed by atoms with Gasteiger partial charge in [0.1, 0.15) is 12.3 Å². The summed E-state index contributed by atoms with van der Waals surface area (Å²) in [4.78, 5) is 29.6. The number of nitrogens with zero attached hydrogens (tertiary/aromatic N) is 1. The van der Waals surface area contributed by atoms with Crippen molar-refractivity contribution < 1.29 is 23.8 Å². The standard InChI is InChI=1S/C13H19N4O5PS/c1-7-5-11(22-10(7)6-21-23(19,20)24)17(16)9-4-2-3-8(12(9)14)13(15)18/h2-4,10-11H,1,5-6,14,16H2,(H2,15,18)(H2,19,20,24). The summed E-state index contributed by atoms with van der Waals surface area (Å²) >= 11 is 4.39. The fourth-order valence-electron chi connectivity index (χ4n) is 2.32. The van der Waals surface area contributed by atoms with Gasteiger partial charge in [-0.05, 0) is 29.5 Å². The highest BCUT2D eigenvalue weighted by Gasteiger charge is 2.34. The highest BCUT2D eigenvalue weighted by atomic mass is 32.5. The molecule has 9 nitrogen and oxygen atoms in total. The Morgan fingerprint density at radius 1 is 1.54 bits per heavy atom. The number of carbonyl (C=O) groups is 1. The summed E-state index contributed by atoms with van der Waals surface area (Å²) in [5.41, 5.74) is 12.5. The molecule has 2 unspecified atom stereocenters. The molecule has 1 saturated heterocycles. The van der Waals surface area contributed by atoms with Gasteiger partial charge in [-0.15, -0.1) is 0 Å². The second kappa shape index (κ2) is 7.16. The number of nitrogen functional groups attached to an aromatic ring is 1. The maximum absolute atomic E-state index is 11.4. The van der Waals surface area contributed by atoms with Crippen LogP contribution in [0.15, 0.2) is 30.4 Å². The maximum Gasteiger partial charge on any atom is 0.321 e. The third-order valence-electron chi connectivity index (χ3n) is 3.54. The van der Waals surface area contributed by atoms with E-state index in [-0.39, 0.29) is 17.9 Å². The van der Waals surface area contributed by atoms with Crippen LogP contribution in [-0.2, 0) is 21.1 Å². The first kappa shape index (κ1) is 18.8. The van der Waals surface area contributed by atoms with E-state index in [1.165, 1.54) is 11.1 Å². The van der Waals surface area contributed by atoms with E-state index in [2.05, 4.69) is 18.4 Å². The van der Waals surface area contributed by atoms with Gasteiger partial charge in [-0.25, -0.2) is 5.84 Å². The molecule has 132 valence electrons. The minimum Gasteiger partial charge on any atom is -0.396 e. The van der Waals surface area contributed by atoms with Gasteiger partial charge in [0.2, 0.25) is 0 Å². The van der Waals surface area contributed by atoms with E-state index in [1.54, 1.807) is 12.1 Å². The molecule has 0 saturated carbocycles. The van der Waals surface area contributed by atoms with E-state index in [0.29, 0.717) is 17.7 Å². The van der Waals surface area contributed by atoms with E-state index in [4.69, 9.17) is 36.4 Å². The Labute approximate surface area is 143 Å². The molecule has 2 atom stereocenters.